The summed E-state index contributed by atoms with van der Waals surface area (Å²) in [5.74, 6) is -1.83. The smallest absolute Gasteiger partial charge is 0.359 e. The van der Waals surface area contributed by atoms with Gasteiger partial charge in [-0.05, 0) is 30.0 Å². The van der Waals surface area contributed by atoms with Crippen molar-refractivity contribution in [2.75, 3.05) is 0 Å². The molecule has 0 aliphatic rings. The zero-order valence-corrected chi connectivity index (χ0v) is 15.1. The maximum absolute atomic E-state index is 12.4. The molecule has 0 fully saturated rings. The first-order valence-corrected chi connectivity index (χ1v) is 8.44. The van der Waals surface area contributed by atoms with Crippen LogP contribution in [0.1, 0.15) is 48.4 Å². The Labute approximate surface area is 152 Å². The molecule has 0 saturated carbocycles. The topological polar surface area (TPSA) is 69.7 Å². The number of carbonyl (C=O) groups excluding carboxylic acids is 3. The highest BCUT2D eigenvalue weighted by molar-refractivity contribution is 5.93. The third-order valence-electron chi connectivity index (χ3n) is 3.62. The minimum Gasteiger partial charge on any atom is -0.442 e. The van der Waals surface area contributed by atoms with Crippen LogP contribution < -0.4 is 0 Å². The second-order valence-corrected chi connectivity index (χ2v) is 6.40. The maximum atomic E-state index is 12.4. The maximum Gasteiger partial charge on any atom is 0.359 e. The van der Waals surface area contributed by atoms with Crippen molar-refractivity contribution < 1.29 is 23.9 Å². The summed E-state index contributed by atoms with van der Waals surface area (Å²) in [6, 6.07) is 15.5. The Hall–Kier alpha value is -2.95. The van der Waals surface area contributed by atoms with Gasteiger partial charge in [-0.15, -0.1) is 0 Å². The molecule has 5 heteroatoms. The van der Waals surface area contributed by atoms with Gasteiger partial charge < -0.3 is 9.47 Å². The third kappa shape index (κ3) is 5.55. The second kappa shape index (κ2) is 8.94. The normalized spacial score (nSPS) is 11.7. The summed E-state index contributed by atoms with van der Waals surface area (Å²) < 4.78 is 9.95. The predicted molar refractivity (Wildman–Crippen MR) is 96.4 cm³/mol. The van der Waals surface area contributed by atoms with Gasteiger partial charge in [0.15, 0.2) is 0 Å². The number of hydrogen-bond acceptors (Lipinski definition) is 5. The van der Waals surface area contributed by atoms with Crippen LogP contribution in [-0.2, 0) is 25.5 Å². The summed E-state index contributed by atoms with van der Waals surface area (Å²) in [6.07, 6.45) is -0.393. The van der Waals surface area contributed by atoms with Crippen molar-refractivity contribution in [3.63, 3.8) is 0 Å². The molecule has 1 atom stereocenters. The van der Waals surface area contributed by atoms with E-state index < -0.39 is 24.0 Å². The lowest BCUT2D eigenvalue weighted by Gasteiger charge is -2.16. The van der Waals surface area contributed by atoms with Gasteiger partial charge in [0.25, 0.3) is 0 Å². The summed E-state index contributed by atoms with van der Waals surface area (Å²) >= 11 is 0. The zero-order valence-electron chi connectivity index (χ0n) is 15.1. The van der Waals surface area contributed by atoms with Crippen LogP contribution in [0, 0.1) is 5.92 Å². The third-order valence-corrected chi connectivity index (χ3v) is 3.62. The summed E-state index contributed by atoms with van der Waals surface area (Å²) in [7, 11) is 0. The first-order valence-electron chi connectivity index (χ1n) is 8.44. The Balaban J connectivity index is 2.17. The highest BCUT2D eigenvalue weighted by atomic mass is 16.6. The Morgan fingerprint density at radius 1 is 0.923 bits per heavy atom. The second-order valence-electron chi connectivity index (χ2n) is 6.40. The molecule has 2 aromatic rings. The van der Waals surface area contributed by atoms with Crippen molar-refractivity contribution in [2.24, 2.45) is 5.92 Å². The quantitative estimate of drug-likeness (QED) is 0.582. The predicted octanol–water partition coefficient (Wildman–Crippen LogP) is 3.87. The molecule has 0 aliphatic heterocycles. The zero-order chi connectivity index (χ0) is 19.1. The fourth-order valence-electron chi connectivity index (χ4n) is 2.50. The number of benzene rings is 2. The van der Waals surface area contributed by atoms with E-state index in [4.69, 9.17) is 4.74 Å². The summed E-state index contributed by atoms with van der Waals surface area (Å²) in [6.45, 7) is 5.36. The summed E-state index contributed by atoms with van der Waals surface area (Å²) in [5, 5.41) is 0. The van der Waals surface area contributed by atoms with Gasteiger partial charge in [0.05, 0.1) is 5.56 Å². The van der Waals surface area contributed by atoms with Gasteiger partial charge in [-0.25, -0.2) is 9.59 Å². The average Bonchev–Trinajstić information content (AvgIpc) is 2.59. The molecule has 0 spiro atoms. The lowest BCUT2D eigenvalue weighted by Crippen LogP contribution is -2.23. The summed E-state index contributed by atoms with van der Waals surface area (Å²) in [5.41, 5.74) is 1.88. The van der Waals surface area contributed by atoms with Crippen molar-refractivity contribution in [3.8, 4) is 0 Å². The van der Waals surface area contributed by atoms with Crippen molar-refractivity contribution in [2.45, 2.75) is 33.3 Å². The van der Waals surface area contributed by atoms with Crippen LogP contribution in [0.15, 0.2) is 54.6 Å². The molecule has 0 amide bonds. The van der Waals surface area contributed by atoms with Gasteiger partial charge >= 0.3 is 17.9 Å². The van der Waals surface area contributed by atoms with E-state index in [-0.39, 0.29) is 0 Å². The molecular weight excluding hydrogens is 332 g/mol. The van der Waals surface area contributed by atoms with Crippen molar-refractivity contribution in [3.05, 3.63) is 71.3 Å². The minimum atomic E-state index is -1.30. The molecule has 0 heterocycles. The molecule has 1 unspecified atom stereocenters. The van der Waals surface area contributed by atoms with E-state index in [1.54, 1.807) is 42.5 Å². The van der Waals surface area contributed by atoms with E-state index in [2.05, 4.69) is 18.6 Å². The fourth-order valence-corrected chi connectivity index (χ4v) is 2.50. The molecule has 0 radical (unpaired) electrons. The molecule has 0 aromatic heterocycles. The van der Waals surface area contributed by atoms with Crippen LogP contribution in [-0.4, -0.2) is 17.9 Å². The highest BCUT2D eigenvalue weighted by Gasteiger charge is 2.28. The molecular formula is C21H22O5. The monoisotopic (exact) mass is 354 g/mol. The molecule has 5 nitrogen and oxygen atoms in total. The van der Waals surface area contributed by atoms with Gasteiger partial charge in [0.2, 0.25) is 6.10 Å². The molecule has 2 rings (SSSR count). The molecule has 0 aliphatic carbocycles. The standard InChI is InChI=1S/C21H22O5/c1-14(2)13-16-9-11-18(12-10-16)20(23)26-19(21(24)25-15(3)22)17-7-5-4-6-8-17/h4-12,14,19H,13H2,1-3H3. The van der Waals surface area contributed by atoms with Gasteiger partial charge in [-0.2, -0.15) is 0 Å². The van der Waals surface area contributed by atoms with E-state index in [1.807, 2.05) is 12.1 Å². The van der Waals surface area contributed by atoms with E-state index in [1.165, 1.54) is 0 Å². The molecule has 2 aromatic carbocycles. The average molecular weight is 354 g/mol. The minimum absolute atomic E-state index is 0.328. The van der Waals surface area contributed by atoms with Crippen molar-refractivity contribution in [1.29, 1.82) is 0 Å². The number of hydrogen-bond donors (Lipinski definition) is 0. The van der Waals surface area contributed by atoms with Crippen LogP contribution in [0.2, 0.25) is 0 Å². The summed E-state index contributed by atoms with van der Waals surface area (Å²) in [4.78, 5) is 35.7. The van der Waals surface area contributed by atoms with Crippen LogP contribution in [0.3, 0.4) is 0 Å². The molecule has 26 heavy (non-hydrogen) atoms. The van der Waals surface area contributed by atoms with Gasteiger partial charge in [-0.1, -0.05) is 56.3 Å². The van der Waals surface area contributed by atoms with Gasteiger partial charge in [0, 0.05) is 12.5 Å². The first kappa shape index (κ1) is 19.4. The van der Waals surface area contributed by atoms with E-state index in [0.717, 1.165) is 18.9 Å². The van der Waals surface area contributed by atoms with E-state index in [9.17, 15) is 14.4 Å². The Kier molecular flexibility index (Phi) is 6.67. The number of carbonyl (C=O) groups is 3. The van der Waals surface area contributed by atoms with E-state index >= 15 is 0 Å². The Morgan fingerprint density at radius 2 is 1.54 bits per heavy atom. The first-order chi connectivity index (χ1) is 12.4. The molecule has 136 valence electrons. The SMILES string of the molecule is CC(=O)OC(=O)C(OC(=O)c1ccc(CC(C)C)cc1)c1ccccc1. The van der Waals surface area contributed by atoms with Crippen molar-refractivity contribution >= 4 is 17.9 Å². The lowest BCUT2D eigenvalue weighted by atomic mass is 10.0. The van der Waals surface area contributed by atoms with E-state index in [0.29, 0.717) is 17.0 Å². The molecule has 0 bridgehead atoms. The largest absolute Gasteiger partial charge is 0.442 e. The van der Waals surface area contributed by atoms with Crippen LogP contribution in [0.4, 0.5) is 0 Å². The Morgan fingerprint density at radius 3 is 2.08 bits per heavy atom. The van der Waals surface area contributed by atoms with Crippen LogP contribution in [0.5, 0.6) is 0 Å². The fraction of sp³-hybridized carbons (Fsp3) is 0.286. The van der Waals surface area contributed by atoms with Gasteiger partial charge in [0.1, 0.15) is 0 Å². The lowest BCUT2D eigenvalue weighted by molar-refractivity contribution is -0.165. The number of ether oxygens (including phenoxy) is 2. The molecule has 0 saturated heterocycles. The van der Waals surface area contributed by atoms with Crippen molar-refractivity contribution in [1.82, 2.24) is 0 Å². The molecule has 0 N–H and O–H groups in total. The van der Waals surface area contributed by atoms with Crippen LogP contribution >= 0.6 is 0 Å². The Bertz CT molecular complexity index is 763. The number of esters is 3. The van der Waals surface area contributed by atoms with Gasteiger partial charge in [-0.3, -0.25) is 4.79 Å². The van der Waals surface area contributed by atoms with Crippen LogP contribution in [0.25, 0.3) is 0 Å². The number of rotatable bonds is 6. The highest BCUT2D eigenvalue weighted by Crippen LogP contribution is 2.21.